The lowest BCUT2D eigenvalue weighted by Gasteiger charge is -2.17. The number of nitrogens with zero attached hydrogens (tertiary/aromatic N) is 1. The summed E-state index contributed by atoms with van der Waals surface area (Å²) in [5, 5.41) is 2.77. The van der Waals surface area contributed by atoms with Gasteiger partial charge in [0.2, 0.25) is 0 Å². The molecule has 0 saturated heterocycles. The highest BCUT2D eigenvalue weighted by molar-refractivity contribution is 7.98. The second kappa shape index (κ2) is 9.23. The molecular formula is C20H21N3O3S. The normalized spacial score (nSPS) is 11.9. The minimum absolute atomic E-state index is 0.0322. The van der Waals surface area contributed by atoms with Gasteiger partial charge < -0.3 is 15.0 Å². The van der Waals surface area contributed by atoms with Crippen LogP contribution in [0.1, 0.15) is 22.6 Å². The molecule has 27 heavy (non-hydrogen) atoms. The van der Waals surface area contributed by atoms with E-state index in [9.17, 15) is 9.59 Å². The lowest BCUT2D eigenvalue weighted by atomic mass is 10.1. The number of benzene rings is 2. The van der Waals surface area contributed by atoms with Crippen molar-refractivity contribution in [2.75, 3.05) is 12.0 Å². The lowest BCUT2D eigenvalue weighted by Crippen LogP contribution is -2.42. The zero-order chi connectivity index (χ0) is 19.1. The van der Waals surface area contributed by atoms with Gasteiger partial charge in [0.25, 0.3) is 5.91 Å². The fourth-order valence-electron chi connectivity index (χ4n) is 2.63. The molecule has 1 heterocycles. The molecule has 2 N–H and O–H groups in total. The number of carbonyl (C=O) groups excluding carboxylic acids is 2. The Morgan fingerprint density at radius 1 is 1.15 bits per heavy atom. The molecule has 0 radical (unpaired) electrons. The van der Waals surface area contributed by atoms with E-state index < -0.39 is 12.0 Å². The van der Waals surface area contributed by atoms with Crippen molar-refractivity contribution in [2.24, 2.45) is 0 Å². The maximum Gasteiger partial charge on any atom is 0.329 e. The van der Waals surface area contributed by atoms with Crippen molar-refractivity contribution in [1.82, 2.24) is 15.3 Å². The molecule has 7 heteroatoms. The molecule has 0 aliphatic heterocycles. The van der Waals surface area contributed by atoms with Gasteiger partial charge in [0.15, 0.2) is 0 Å². The van der Waals surface area contributed by atoms with Gasteiger partial charge in [0.05, 0.1) is 11.0 Å². The van der Waals surface area contributed by atoms with Gasteiger partial charge in [-0.2, -0.15) is 11.8 Å². The molecule has 1 atom stereocenters. The van der Waals surface area contributed by atoms with Crippen molar-refractivity contribution >= 4 is 34.7 Å². The topological polar surface area (TPSA) is 84.1 Å². The molecule has 0 aliphatic rings. The van der Waals surface area contributed by atoms with Gasteiger partial charge in [-0.1, -0.05) is 30.3 Å². The molecule has 0 fully saturated rings. The number of amides is 1. The van der Waals surface area contributed by atoms with Crippen LogP contribution in [0.25, 0.3) is 11.0 Å². The van der Waals surface area contributed by atoms with E-state index >= 15 is 0 Å². The highest BCUT2D eigenvalue weighted by atomic mass is 32.2. The summed E-state index contributed by atoms with van der Waals surface area (Å²) in [5.41, 5.74) is 2.22. The first-order valence-electron chi connectivity index (χ1n) is 8.62. The molecule has 1 amide bonds. The van der Waals surface area contributed by atoms with Crippen LogP contribution in [-0.4, -0.2) is 39.9 Å². The van der Waals surface area contributed by atoms with E-state index in [0.29, 0.717) is 17.8 Å². The summed E-state index contributed by atoms with van der Waals surface area (Å²) in [6, 6.07) is 15.7. The van der Waals surface area contributed by atoms with E-state index in [0.717, 1.165) is 16.8 Å². The molecule has 1 unspecified atom stereocenters. The number of thioether (sulfide) groups is 1. The highest BCUT2D eigenvalue weighted by Crippen LogP contribution is 2.12. The van der Waals surface area contributed by atoms with Crippen molar-refractivity contribution in [3.8, 4) is 0 Å². The number of ether oxygens (including phenoxy) is 1. The van der Waals surface area contributed by atoms with E-state index in [1.54, 1.807) is 36.0 Å². The number of aromatic nitrogens is 2. The molecule has 3 aromatic rings. The first kappa shape index (κ1) is 19.0. The lowest BCUT2D eigenvalue weighted by molar-refractivity contribution is -0.147. The van der Waals surface area contributed by atoms with Crippen LogP contribution in [0.2, 0.25) is 0 Å². The fourth-order valence-corrected chi connectivity index (χ4v) is 3.10. The standard InChI is InChI=1S/C20H21N3O3S/c1-27-12-11-17(23-19(24)14-7-3-2-4-8-14)20(25)26-13-18-21-15-9-5-6-10-16(15)22-18/h2-10,17H,11-13H2,1H3,(H,21,22)(H,23,24). The van der Waals surface area contributed by atoms with Gasteiger partial charge in [-0.15, -0.1) is 0 Å². The van der Waals surface area contributed by atoms with E-state index in [2.05, 4.69) is 15.3 Å². The quantitative estimate of drug-likeness (QED) is 0.584. The number of carbonyl (C=O) groups is 2. The summed E-state index contributed by atoms with van der Waals surface area (Å²) in [6.07, 6.45) is 2.45. The number of fused-ring (bicyclic) bond motifs is 1. The van der Waals surface area contributed by atoms with Crippen molar-refractivity contribution in [1.29, 1.82) is 0 Å². The predicted octanol–water partition coefficient (Wildman–Crippen LogP) is 3.16. The Labute approximate surface area is 161 Å². The van der Waals surface area contributed by atoms with Gasteiger partial charge in [0, 0.05) is 5.56 Å². The molecule has 1 aromatic heterocycles. The van der Waals surface area contributed by atoms with Crippen molar-refractivity contribution in [3.05, 3.63) is 66.0 Å². The Balaban J connectivity index is 1.62. The second-order valence-corrected chi connectivity index (χ2v) is 6.97. The monoisotopic (exact) mass is 383 g/mol. The number of hydrogen-bond donors (Lipinski definition) is 2. The Hall–Kier alpha value is -2.80. The van der Waals surface area contributed by atoms with Crippen LogP contribution in [-0.2, 0) is 16.1 Å². The number of hydrogen-bond acceptors (Lipinski definition) is 5. The third-order valence-electron chi connectivity index (χ3n) is 4.03. The molecule has 0 saturated carbocycles. The van der Waals surface area contributed by atoms with Crippen LogP contribution in [0, 0.1) is 0 Å². The Morgan fingerprint density at radius 2 is 1.89 bits per heavy atom. The molecule has 3 rings (SSSR count). The van der Waals surface area contributed by atoms with Crippen LogP contribution in [0.4, 0.5) is 0 Å². The van der Waals surface area contributed by atoms with Crippen molar-refractivity contribution < 1.29 is 14.3 Å². The zero-order valence-corrected chi connectivity index (χ0v) is 15.8. The van der Waals surface area contributed by atoms with Gasteiger partial charge >= 0.3 is 5.97 Å². The Kier molecular flexibility index (Phi) is 6.49. The van der Waals surface area contributed by atoms with Crippen LogP contribution in [0.5, 0.6) is 0 Å². The molecule has 6 nitrogen and oxygen atoms in total. The molecular weight excluding hydrogens is 362 g/mol. The number of esters is 1. The maximum absolute atomic E-state index is 12.5. The first-order chi connectivity index (χ1) is 13.2. The summed E-state index contributed by atoms with van der Waals surface area (Å²) < 4.78 is 5.40. The number of para-hydroxylation sites is 2. The summed E-state index contributed by atoms with van der Waals surface area (Å²) >= 11 is 1.61. The molecule has 0 spiro atoms. The number of aromatic amines is 1. The van der Waals surface area contributed by atoms with Gasteiger partial charge in [-0.25, -0.2) is 9.78 Å². The first-order valence-corrected chi connectivity index (χ1v) is 10.0. The van der Waals surface area contributed by atoms with Crippen LogP contribution < -0.4 is 5.32 Å². The summed E-state index contributed by atoms with van der Waals surface area (Å²) in [6.45, 7) is 0.0322. The average Bonchev–Trinajstić information content (AvgIpc) is 3.12. The molecule has 2 aromatic carbocycles. The van der Waals surface area contributed by atoms with E-state index in [-0.39, 0.29) is 12.5 Å². The van der Waals surface area contributed by atoms with Crippen LogP contribution in [0.3, 0.4) is 0 Å². The van der Waals surface area contributed by atoms with Crippen molar-refractivity contribution in [2.45, 2.75) is 19.1 Å². The van der Waals surface area contributed by atoms with Crippen molar-refractivity contribution in [3.63, 3.8) is 0 Å². The number of H-pyrrole nitrogens is 1. The smallest absolute Gasteiger partial charge is 0.329 e. The predicted molar refractivity (Wildman–Crippen MR) is 107 cm³/mol. The summed E-state index contributed by atoms with van der Waals surface area (Å²) in [4.78, 5) is 32.4. The minimum atomic E-state index is -0.700. The van der Waals surface area contributed by atoms with Gasteiger partial charge in [-0.3, -0.25) is 4.79 Å². The highest BCUT2D eigenvalue weighted by Gasteiger charge is 2.23. The number of imidazole rings is 1. The third kappa shape index (κ3) is 5.10. The summed E-state index contributed by atoms with van der Waals surface area (Å²) in [7, 11) is 0. The molecule has 0 aliphatic carbocycles. The van der Waals surface area contributed by atoms with Gasteiger partial charge in [0.1, 0.15) is 18.5 Å². The third-order valence-corrected chi connectivity index (χ3v) is 4.67. The van der Waals surface area contributed by atoms with E-state index in [4.69, 9.17) is 4.74 Å². The fraction of sp³-hybridized carbons (Fsp3) is 0.250. The van der Waals surface area contributed by atoms with Gasteiger partial charge in [-0.05, 0) is 42.7 Å². The number of rotatable bonds is 8. The second-order valence-electron chi connectivity index (χ2n) is 5.98. The SMILES string of the molecule is CSCCC(NC(=O)c1ccccc1)C(=O)OCc1nc2ccccc2[nH]1. The largest absolute Gasteiger partial charge is 0.456 e. The Morgan fingerprint density at radius 3 is 2.63 bits per heavy atom. The maximum atomic E-state index is 12.5. The van der Waals surface area contributed by atoms with Crippen LogP contribution >= 0.6 is 11.8 Å². The summed E-state index contributed by atoms with van der Waals surface area (Å²) in [5.74, 6) is 0.554. The van der Waals surface area contributed by atoms with E-state index in [1.165, 1.54) is 0 Å². The number of nitrogens with one attached hydrogen (secondary N) is 2. The van der Waals surface area contributed by atoms with E-state index in [1.807, 2.05) is 36.6 Å². The minimum Gasteiger partial charge on any atom is -0.456 e. The Bertz CT molecular complexity index is 878. The average molecular weight is 383 g/mol. The molecule has 0 bridgehead atoms. The zero-order valence-electron chi connectivity index (χ0n) is 15.0. The molecule has 140 valence electrons. The van der Waals surface area contributed by atoms with Crippen LogP contribution in [0.15, 0.2) is 54.6 Å².